The Morgan fingerprint density at radius 1 is 1.38 bits per heavy atom. The number of carbonyl (C=O) groups is 2. The van der Waals surface area contributed by atoms with Crippen LogP contribution in [0.2, 0.25) is 0 Å². The molecule has 2 aromatic rings. The summed E-state index contributed by atoms with van der Waals surface area (Å²) in [7, 11) is 0. The summed E-state index contributed by atoms with van der Waals surface area (Å²) in [6, 6.07) is 5.23. The monoisotopic (exact) mass is 329 g/mol. The fourth-order valence-corrected chi connectivity index (χ4v) is 2.52. The number of rotatable bonds is 5. The van der Waals surface area contributed by atoms with Gasteiger partial charge in [-0.3, -0.25) is 14.7 Å². The quantitative estimate of drug-likeness (QED) is 0.786. The van der Waals surface area contributed by atoms with Crippen molar-refractivity contribution in [2.45, 2.75) is 13.5 Å². The number of ketones is 1. The van der Waals surface area contributed by atoms with Crippen LogP contribution in [0.5, 0.6) is 0 Å². The van der Waals surface area contributed by atoms with Gasteiger partial charge in [-0.05, 0) is 12.1 Å². The van der Waals surface area contributed by atoms with Crippen molar-refractivity contribution in [3.63, 3.8) is 0 Å². The first-order valence-electron chi connectivity index (χ1n) is 7.76. The van der Waals surface area contributed by atoms with Crippen LogP contribution in [0.25, 0.3) is 0 Å². The van der Waals surface area contributed by atoms with E-state index in [2.05, 4.69) is 25.4 Å². The van der Waals surface area contributed by atoms with Crippen molar-refractivity contribution in [2.75, 3.05) is 31.2 Å². The first-order chi connectivity index (χ1) is 11.6. The first kappa shape index (κ1) is 16.1. The molecule has 8 heteroatoms. The number of pyridine rings is 1. The molecule has 0 spiro atoms. The van der Waals surface area contributed by atoms with Gasteiger partial charge >= 0.3 is 0 Å². The van der Waals surface area contributed by atoms with E-state index in [9.17, 15) is 9.59 Å². The number of morpholine rings is 1. The molecule has 8 nitrogen and oxygen atoms in total. The van der Waals surface area contributed by atoms with Gasteiger partial charge in [-0.15, -0.1) is 0 Å². The van der Waals surface area contributed by atoms with Crippen LogP contribution in [0.1, 0.15) is 33.5 Å². The Morgan fingerprint density at radius 3 is 2.88 bits per heavy atom. The maximum absolute atomic E-state index is 12.2. The lowest BCUT2D eigenvalue weighted by Gasteiger charge is -2.29. The zero-order valence-corrected chi connectivity index (χ0v) is 13.4. The van der Waals surface area contributed by atoms with E-state index in [1.54, 1.807) is 6.20 Å². The topological polar surface area (TPSA) is 100 Å². The van der Waals surface area contributed by atoms with Crippen LogP contribution < -0.4 is 10.2 Å². The number of anilines is 1. The standard InChI is InChI=1S/C16H19N5O3/c1-11(22)13-9-14(20-19-13)16(23)18-10-12-3-2-4-17-15(12)21-5-7-24-8-6-21/h2-4,9H,5-8,10H2,1H3,(H,18,23)(H,19,20). The minimum absolute atomic E-state index is 0.188. The summed E-state index contributed by atoms with van der Waals surface area (Å²) in [4.78, 5) is 30.0. The number of ether oxygens (including phenoxy) is 1. The number of aromatic nitrogens is 3. The van der Waals surface area contributed by atoms with Gasteiger partial charge in [-0.25, -0.2) is 4.98 Å². The van der Waals surface area contributed by atoms with Crippen molar-refractivity contribution in [3.8, 4) is 0 Å². The predicted molar refractivity (Wildman–Crippen MR) is 87.0 cm³/mol. The van der Waals surface area contributed by atoms with Crippen molar-refractivity contribution in [1.29, 1.82) is 0 Å². The Bertz CT molecular complexity index is 737. The number of hydrogen-bond acceptors (Lipinski definition) is 6. The lowest BCUT2D eigenvalue weighted by atomic mass is 10.2. The Morgan fingerprint density at radius 2 is 2.17 bits per heavy atom. The van der Waals surface area contributed by atoms with Crippen LogP contribution in [-0.4, -0.2) is 53.2 Å². The molecule has 3 heterocycles. The molecule has 1 saturated heterocycles. The van der Waals surface area contributed by atoms with Gasteiger partial charge in [0.2, 0.25) is 0 Å². The van der Waals surface area contributed by atoms with Crippen molar-refractivity contribution in [2.24, 2.45) is 0 Å². The highest BCUT2D eigenvalue weighted by Crippen LogP contribution is 2.18. The molecule has 0 atom stereocenters. The molecule has 2 aromatic heterocycles. The van der Waals surface area contributed by atoms with E-state index in [1.165, 1.54) is 13.0 Å². The van der Waals surface area contributed by atoms with E-state index in [0.29, 0.717) is 19.8 Å². The van der Waals surface area contributed by atoms with Crippen LogP contribution in [0, 0.1) is 0 Å². The number of aromatic amines is 1. The summed E-state index contributed by atoms with van der Waals surface area (Å²) >= 11 is 0. The second-order valence-corrected chi connectivity index (χ2v) is 5.49. The van der Waals surface area contributed by atoms with E-state index >= 15 is 0 Å². The van der Waals surface area contributed by atoms with Gasteiger partial charge in [0, 0.05) is 38.3 Å². The van der Waals surface area contributed by atoms with Gasteiger partial charge in [-0.2, -0.15) is 5.10 Å². The smallest absolute Gasteiger partial charge is 0.269 e. The predicted octanol–water partition coefficient (Wildman–Crippen LogP) is 0.774. The molecular weight excluding hydrogens is 310 g/mol. The van der Waals surface area contributed by atoms with Crippen molar-refractivity contribution >= 4 is 17.5 Å². The second-order valence-electron chi connectivity index (χ2n) is 5.49. The van der Waals surface area contributed by atoms with Crippen molar-refractivity contribution in [1.82, 2.24) is 20.5 Å². The summed E-state index contributed by atoms with van der Waals surface area (Å²) < 4.78 is 5.36. The highest BCUT2D eigenvalue weighted by atomic mass is 16.5. The molecule has 126 valence electrons. The highest BCUT2D eigenvalue weighted by molar-refractivity contribution is 5.97. The molecule has 0 bridgehead atoms. The average molecular weight is 329 g/mol. The molecule has 1 aliphatic heterocycles. The Labute approximate surface area is 139 Å². The second kappa shape index (κ2) is 7.22. The van der Waals surface area contributed by atoms with Gasteiger partial charge in [0.1, 0.15) is 17.2 Å². The van der Waals surface area contributed by atoms with E-state index in [-0.39, 0.29) is 23.1 Å². The number of carbonyl (C=O) groups excluding carboxylic acids is 2. The van der Waals surface area contributed by atoms with Crippen LogP contribution >= 0.6 is 0 Å². The molecule has 24 heavy (non-hydrogen) atoms. The van der Waals surface area contributed by atoms with E-state index < -0.39 is 0 Å². The van der Waals surface area contributed by atoms with Gasteiger partial charge in [0.15, 0.2) is 5.78 Å². The van der Waals surface area contributed by atoms with E-state index in [0.717, 1.165) is 24.5 Å². The molecule has 0 radical (unpaired) electrons. The third kappa shape index (κ3) is 3.60. The molecule has 0 aromatic carbocycles. The molecule has 0 aliphatic carbocycles. The first-order valence-corrected chi connectivity index (χ1v) is 7.76. The van der Waals surface area contributed by atoms with Crippen LogP contribution in [0.4, 0.5) is 5.82 Å². The van der Waals surface area contributed by atoms with E-state index in [1.807, 2.05) is 12.1 Å². The SMILES string of the molecule is CC(=O)c1cc(C(=O)NCc2cccnc2N2CCOCC2)[nH]n1. The van der Waals surface area contributed by atoms with Gasteiger partial charge in [-0.1, -0.05) is 6.07 Å². The maximum Gasteiger partial charge on any atom is 0.269 e. The molecule has 3 rings (SSSR count). The van der Waals surface area contributed by atoms with Crippen molar-refractivity contribution < 1.29 is 14.3 Å². The average Bonchev–Trinajstić information content (AvgIpc) is 3.11. The number of nitrogens with zero attached hydrogens (tertiary/aromatic N) is 3. The number of hydrogen-bond donors (Lipinski definition) is 2. The maximum atomic E-state index is 12.2. The van der Waals surface area contributed by atoms with E-state index in [4.69, 9.17) is 4.74 Å². The molecule has 1 aliphatic rings. The lowest BCUT2D eigenvalue weighted by Crippen LogP contribution is -2.37. The number of nitrogens with one attached hydrogen (secondary N) is 2. The molecule has 1 amide bonds. The summed E-state index contributed by atoms with van der Waals surface area (Å²) in [5.74, 6) is 0.356. The summed E-state index contributed by atoms with van der Waals surface area (Å²) in [5, 5.41) is 9.22. The van der Waals surface area contributed by atoms with Crippen LogP contribution in [-0.2, 0) is 11.3 Å². The molecule has 2 N–H and O–H groups in total. The van der Waals surface area contributed by atoms with Crippen molar-refractivity contribution in [3.05, 3.63) is 41.3 Å². The summed E-state index contributed by atoms with van der Waals surface area (Å²) in [5.41, 5.74) is 1.44. The van der Waals surface area contributed by atoms with Gasteiger partial charge in [0.25, 0.3) is 5.91 Å². The Hall–Kier alpha value is -2.74. The number of amides is 1. The zero-order valence-electron chi connectivity index (χ0n) is 13.4. The highest BCUT2D eigenvalue weighted by Gasteiger charge is 2.17. The lowest BCUT2D eigenvalue weighted by molar-refractivity contribution is 0.0945. The van der Waals surface area contributed by atoms with Crippen LogP contribution in [0.15, 0.2) is 24.4 Å². The minimum Gasteiger partial charge on any atom is -0.378 e. The summed E-state index contributed by atoms with van der Waals surface area (Å²) in [6.07, 6.45) is 1.74. The molecular formula is C16H19N5O3. The molecule has 0 saturated carbocycles. The number of Topliss-reactive ketones (excluding diaryl/α,β-unsaturated/α-hetero) is 1. The fraction of sp³-hybridized carbons (Fsp3) is 0.375. The summed E-state index contributed by atoms with van der Waals surface area (Å²) in [6.45, 7) is 4.64. The number of H-pyrrole nitrogens is 1. The molecule has 0 unspecified atom stereocenters. The van der Waals surface area contributed by atoms with Gasteiger partial charge in [0.05, 0.1) is 13.2 Å². The van der Waals surface area contributed by atoms with Crippen LogP contribution in [0.3, 0.4) is 0 Å². The Balaban J connectivity index is 1.67. The third-order valence-electron chi connectivity index (χ3n) is 3.80. The molecule has 1 fully saturated rings. The third-order valence-corrected chi connectivity index (χ3v) is 3.80. The Kier molecular flexibility index (Phi) is 4.85. The fourth-order valence-electron chi connectivity index (χ4n) is 2.52. The normalized spacial score (nSPS) is 14.5. The minimum atomic E-state index is -0.313. The largest absolute Gasteiger partial charge is 0.378 e. The zero-order chi connectivity index (χ0) is 16.9. The van der Waals surface area contributed by atoms with Gasteiger partial charge < -0.3 is 15.0 Å².